The van der Waals surface area contributed by atoms with Gasteiger partial charge in [0.1, 0.15) is 16.3 Å². The number of carbonyl (C=O) groups excluding carboxylic acids is 1. The lowest BCUT2D eigenvalue weighted by Gasteiger charge is -2.09. The van der Waals surface area contributed by atoms with Gasteiger partial charge in [-0.05, 0) is 63.4 Å². The Morgan fingerprint density at radius 3 is 2.70 bits per heavy atom. The van der Waals surface area contributed by atoms with Gasteiger partial charge in [0.05, 0.1) is 16.0 Å². The summed E-state index contributed by atoms with van der Waals surface area (Å²) in [6.07, 6.45) is 3.81. The third-order valence-electron chi connectivity index (χ3n) is 6.06. The number of aromatic nitrogens is 4. The Morgan fingerprint density at radius 2 is 1.97 bits per heavy atom. The third-order valence-corrected chi connectivity index (χ3v) is 7.25. The van der Waals surface area contributed by atoms with Crippen molar-refractivity contribution < 1.29 is 9.18 Å². The number of amides is 1. The van der Waals surface area contributed by atoms with Crippen LogP contribution in [0, 0.1) is 26.6 Å². The van der Waals surface area contributed by atoms with Crippen LogP contribution in [0.2, 0.25) is 0 Å². The summed E-state index contributed by atoms with van der Waals surface area (Å²) in [5.74, 6) is -0.0795. The molecule has 0 saturated heterocycles. The summed E-state index contributed by atoms with van der Waals surface area (Å²) in [7, 11) is 0. The van der Waals surface area contributed by atoms with E-state index in [1.54, 1.807) is 23.6 Å². The molecule has 4 heterocycles. The first kappa shape index (κ1) is 21.5. The number of benzene rings is 1. The molecule has 5 rings (SSSR count). The smallest absolute Gasteiger partial charge is 0.266 e. The summed E-state index contributed by atoms with van der Waals surface area (Å²) in [5, 5.41) is 7.58. The Balaban J connectivity index is 1.46. The molecule has 170 valence electrons. The summed E-state index contributed by atoms with van der Waals surface area (Å²) in [6.45, 7) is 6.14. The fourth-order valence-corrected chi connectivity index (χ4v) is 5.53. The number of nitrogens with zero attached hydrogens (tertiary/aromatic N) is 4. The molecule has 7 nitrogen and oxygen atoms in total. The van der Waals surface area contributed by atoms with Crippen molar-refractivity contribution in [3.05, 3.63) is 68.1 Å². The fourth-order valence-electron chi connectivity index (χ4n) is 4.44. The number of carbonyl (C=O) groups is 1. The first-order valence-electron chi connectivity index (χ1n) is 11.0. The van der Waals surface area contributed by atoms with E-state index in [0.29, 0.717) is 38.6 Å². The van der Waals surface area contributed by atoms with Gasteiger partial charge in [0.15, 0.2) is 5.82 Å². The second-order valence-electron chi connectivity index (χ2n) is 8.49. The predicted octanol–water partition coefficient (Wildman–Crippen LogP) is 4.69. The van der Waals surface area contributed by atoms with Crippen molar-refractivity contribution in [1.82, 2.24) is 19.3 Å². The first-order valence-corrected chi connectivity index (χ1v) is 11.8. The SMILES string of the molecule is Cc1cc(C)n(-c2ccc(NC(=O)c3sc4nc5n(c(=O)c4c3C)CCCCC5)cc2F)n1. The molecule has 0 radical (unpaired) electrons. The van der Waals surface area contributed by atoms with Crippen LogP contribution in [0.1, 0.15) is 51.7 Å². The van der Waals surface area contributed by atoms with Crippen molar-refractivity contribution in [2.45, 2.75) is 53.0 Å². The highest BCUT2D eigenvalue weighted by atomic mass is 32.1. The largest absolute Gasteiger partial charge is 0.321 e. The molecule has 0 fully saturated rings. The van der Waals surface area contributed by atoms with Crippen LogP contribution in [0.3, 0.4) is 0 Å². The minimum absolute atomic E-state index is 0.0787. The molecule has 1 amide bonds. The lowest BCUT2D eigenvalue weighted by Crippen LogP contribution is -2.24. The van der Waals surface area contributed by atoms with E-state index < -0.39 is 5.82 Å². The summed E-state index contributed by atoms with van der Waals surface area (Å²) in [4.78, 5) is 31.9. The van der Waals surface area contributed by atoms with Crippen molar-refractivity contribution in [1.29, 1.82) is 0 Å². The molecule has 0 aliphatic carbocycles. The maximum absolute atomic E-state index is 14.8. The molecule has 0 spiro atoms. The lowest BCUT2D eigenvalue weighted by atomic mass is 10.2. The quantitative estimate of drug-likeness (QED) is 0.476. The normalized spacial score (nSPS) is 13.7. The van der Waals surface area contributed by atoms with Gasteiger partial charge in [-0.2, -0.15) is 5.10 Å². The van der Waals surface area contributed by atoms with Gasteiger partial charge in [0, 0.05) is 24.3 Å². The Kier molecular flexibility index (Phi) is 5.36. The summed E-state index contributed by atoms with van der Waals surface area (Å²) < 4.78 is 18.1. The highest BCUT2D eigenvalue weighted by molar-refractivity contribution is 7.20. The van der Waals surface area contributed by atoms with Crippen molar-refractivity contribution >= 4 is 33.1 Å². The number of rotatable bonds is 3. The third kappa shape index (κ3) is 3.76. The maximum Gasteiger partial charge on any atom is 0.266 e. The zero-order valence-electron chi connectivity index (χ0n) is 18.7. The average Bonchev–Trinajstić information content (AvgIpc) is 3.16. The van der Waals surface area contributed by atoms with E-state index in [4.69, 9.17) is 4.98 Å². The van der Waals surface area contributed by atoms with E-state index in [1.165, 1.54) is 22.1 Å². The Labute approximate surface area is 193 Å². The molecular weight excluding hydrogens is 441 g/mol. The van der Waals surface area contributed by atoms with E-state index in [-0.39, 0.29) is 11.5 Å². The highest BCUT2D eigenvalue weighted by Gasteiger charge is 2.22. The molecule has 0 bridgehead atoms. The van der Waals surface area contributed by atoms with E-state index in [1.807, 2.05) is 19.9 Å². The van der Waals surface area contributed by atoms with Crippen molar-refractivity contribution in [2.75, 3.05) is 5.32 Å². The molecule has 0 atom stereocenters. The van der Waals surface area contributed by atoms with E-state index >= 15 is 0 Å². The van der Waals surface area contributed by atoms with Crippen molar-refractivity contribution in [3.8, 4) is 5.69 Å². The van der Waals surface area contributed by atoms with Crippen LogP contribution >= 0.6 is 11.3 Å². The Bertz CT molecular complexity index is 1470. The van der Waals surface area contributed by atoms with Crippen LogP contribution in [-0.4, -0.2) is 25.2 Å². The minimum Gasteiger partial charge on any atom is -0.321 e. The Morgan fingerprint density at radius 1 is 1.15 bits per heavy atom. The Hall–Kier alpha value is -3.33. The number of hydrogen-bond acceptors (Lipinski definition) is 5. The number of fused-ring (bicyclic) bond motifs is 2. The van der Waals surface area contributed by atoms with E-state index in [9.17, 15) is 14.0 Å². The van der Waals surface area contributed by atoms with Crippen LogP contribution in [0.25, 0.3) is 15.9 Å². The van der Waals surface area contributed by atoms with Crippen LogP contribution in [0.15, 0.2) is 29.1 Å². The summed E-state index contributed by atoms with van der Waals surface area (Å²) in [5.41, 5.74) is 2.80. The molecule has 0 unspecified atom stereocenters. The second kappa shape index (κ2) is 8.22. The fraction of sp³-hybridized carbons (Fsp3) is 0.333. The molecule has 1 aliphatic heterocycles. The minimum atomic E-state index is -0.490. The molecule has 4 aromatic rings. The van der Waals surface area contributed by atoms with Gasteiger partial charge in [-0.1, -0.05) is 6.42 Å². The van der Waals surface area contributed by atoms with E-state index in [2.05, 4.69) is 10.4 Å². The van der Waals surface area contributed by atoms with Gasteiger partial charge < -0.3 is 5.32 Å². The highest BCUT2D eigenvalue weighted by Crippen LogP contribution is 2.29. The van der Waals surface area contributed by atoms with Crippen molar-refractivity contribution in [3.63, 3.8) is 0 Å². The molecule has 1 aliphatic rings. The summed E-state index contributed by atoms with van der Waals surface area (Å²) in [6, 6.07) is 6.38. The summed E-state index contributed by atoms with van der Waals surface area (Å²) >= 11 is 1.21. The molecule has 1 aromatic carbocycles. The van der Waals surface area contributed by atoms with Crippen molar-refractivity contribution in [2.24, 2.45) is 0 Å². The first-order chi connectivity index (χ1) is 15.8. The van der Waals surface area contributed by atoms with Gasteiger partial charge in [-0.3, -0.25) is 14.2 Å². The number of halogens is 1. The molecule has 33 heavy (non-hydrogen) atoms. The van der Waals surface area contributed by atoms with Crippen LogP contribution in [-0.2, 0) is 13.0 Å². The monoisotopic (exact) mass is 465 g/mol. The number of nitrogens with one attached hydrogen (secondary N) is 1. The second-order valence-corrected chi connectivity index (χ2v) is 9.49. The molecule has 1 N–H and O–H groups in total. The molecular formula is C24H24FN5O2S. The van der Waals surface area contributed by atoms with Gasteiger partial charge >= 0.3 is 0 Å². The zero-order chi connectivity index (χ0) is 23.3. The lowest BCUT2D eigenvalue weighted by molar-refractivity contribution is 0.103. The zero-order valence-corrected chi connectivity index (χ0v) is 19.6. The van der Waals surface area contributed by atoms with Gasteiger partial charge in [0.25, 0.3) is 11.5 Å². The van der Waals surface area contributed by atoms with Crippen LogP contribution in [0.5, 0.6) is 0 Å². The number of thiophene rings is 1. The number of hydrogen-bond donors (Lipinski definition) is 1. The van der Waals surface area contributed by atoms with E-state index in [0.717, 1.165) is 42.9 Å². The molecule has 3 aromatic heterocycles. The topological polar surface area (TPSA) is 81.8 Å². The predicted molar refractivity (Wildman–Crippen MR) is 127 cm³/mol. The number of aryl methyl sites for hydroxylation is 4. The van der Waals surface area contributed by atoms with Gasteiger partial charge in [-0.25, -0.2) is 14.1 Å². The number of anilines is 1. The van der Waals surface area contributed by atoms with Crippen LogP contribution < -0.4 is 10.9 Å². The molecule has 9 heteroatoms. The molecule has 0 saturated carbocycles. The van der Waals surface area contributed by atoms with Gasteiger partial charge in [0.2, 0.25) is 0 Å². The maximum atomic E-state index is 14.8. The van der Waals surface area contributed by atoms with Gasteiger partial charge in [-0.15, -0.1) is 11.3 Å². The standard InChI is InChI=1S/C24H24FN5O2S/c1-13-11-14(2)30(28-13)18-9-8-16(12-17(18)25)26-22(31)21-15(3)20-23(33-21)27-19-7-5-4-6-10-29(19)24(20)32/h8-9,11-12H,4-7,10H2,1-3H3,(H,26,31). The van der Waals surface area contributed by atoms with Crippen LogP contribution in [0.4, 0.5) is 10.1 Å². The average molecular weight is 466 g/mol.